The van der Waals surface area contributed by atoms with Crippen LogP contribution in [0.1, 0.15) is 12.8 Å². The molecule has 0 radical (unpaired) electrons. The van der Waals surface area contributed by atoms with Crippen LogP contribution >= 0.6 is 0 Å². The van der Waals surface area contributed by atoms with Gasteiger partial charge in [-0.2, -0.15) is 0 Å². The molecule has 2 N–H and O–H groups in total. The largest absolute Gasteiger partial charge is 0.497 e. The van der Waals surface area contributed by atoms with Gasteiger partial charge in [-0.15, -0.1) is 0 Å². The number of carbonyl (C=O) groups excluding carboxylic acids is 2. The minimum atomic E-state index is -0.566. The van der Waals surface area contributed by atoms with E-state index in [9.17, 15) is 9.59 Å². The van der Waals surface area contributed by atoms with Gasteiger partial charge in [0.25, 0.3) is 0 Å². The number of imide groups is 1. The first-order valence-electron chi connectivity index (χ1n) is 5.98. The molecule has 0 atom stereocenters. The van der Waals surface area contributed by atoms with Crippen LogP contribution in [0.4, 0.5) is 10.5 Å². The number of benzene rings is 1. The molecule has 1 saturated carbocycles. The summed E-state index contributed by atoms with van der Waals surface area (Å²) >= 11 is 0. The fourth-order valence-electron chi connectivity index (χ4n) is 1.62. The van der Waals surface area contributed by atoms with E-state index in [1.54, 1.807) is 18.2 Å². The zero-order valence-corrected chi connectivity index (χ0v) is 10.9. The molecule has 6 heteroatoms. The number of hydrogen-bond donors (Lipinski definition) is 2. The zero-order chi connectivity index (χ0) is 13.8. The van der Waals surface area contributed by atoms with Gasteiger partial charge in [0.15, 0.2) is 0 Å². The van der Waals surface area contributed by atoms with Crippen LogP contribution in [0.3, 0.4) is 0 Å². The topological polar surface area (TPSA) is 76.7 Å². The predicted octanol–water partition coefficient (Wildman–Crippen LogP) is 1.76. The van der Waals surface area contributed by atoms with E-state index in [1.165, 1.54) is 14.2 Å². The molecule has 1 aromatic rings. The van der Waals surface area contributed by atoms with E-state index in [-0.39, 0.29) is 11.8 Å². The lowest BCUT2D eigenvalue weighted by Crippen LogP contribution is -2.35. The molecule has 0 spiro atoms. The van der Waals surface area contributed by atoms with Crippen molar-refractivity contribution in [3.63, 3.8) is 0 Å². The summed E-state index contributed by atoms with van der Waals surface area (Å²) in [7, 11) is 3.03. The highest BCUT2D eigenvalue weighted by molar-refractivity contribution is 6.03. The van der Waals surface area contributed by atoms with Gasteiger partial charge in [-0.3, -0.25) is 10.1 Å². The standard InChI is InChI=1S/C13H16N2O4/c1-18-9-5-6-11(19-2)10(7-9)14-13(17)15-12(16)8-3-4-8/h5-8H,3-4H2,1-2H3,(H2,14,15,16,17). The van der Waals surface area contributed by atoms with Crippen molar-refractivity contribution in [3.8, 4) is 11.5 Å². The van der Waals surface area contributed by atoms with Crippen LogP contribution in [0.15, 0.2) is 18.2 Å². The van der Waals surface area contributed by atoms with Gasteiger partial charge in [-0.1, -0.05) is 0 Å². The molecule has 2 rings (SSSR count). The van der Waals surface area contributed by atoms with Gasteiger partial charge in [0, 0.05) is 12.0 Å². The van der Waals surface area contributed by atoms with Crippen molar-refractivity contribution in [1.29, 1.82) is 0 Å². The summed E-state index contributed by atoms with van der Waals surface area (Å²) < 4.78 is 10.2. The van der Waals surface area contributed by atoms with Crippen molar-refractivity contribution in [1.82, 2.24) is 5.32 Å². The minimum absolute atomic E-state index is 0.0158. The maximum atomic E-state index is 11.7. The maximum absolute atomic E-state index is 11.7. The molecule has 3 amide bonds. The highest BCUT2D eigenvalue weighted by Gasteiger charge is 2.30. The molecule has 102 valence electrons. The first-order valence-corrected chi connectivity index (χ1v) is 5.98. The summed E-state index contributed by atoms with van der Waals surface area (Å²) in [5.74, 6) is 0.830. The first kappa shape index (κ1) is 13.2. The second kappa shape index (κ2) is 5.60. The molecule has 0 unspecified atom stereocenters. The molecule has 0 aliphatic heterocycles. The highest BCUT2D eigenvalue weighted by Crippen LogP contribution is 2.30. The summed E-state index contributed by atoms with van der Waals surface area (Å²) in [6.07, 6.45) is 1.70. The lowest BCUT2D eigenvalue weighted by molar-refractivity contribution is -0.121. The smallest absolute Gasteiger partial charge is 0.325 e. The van der Waals surface area contributed by atoms with Crippen molar-refractivity contribution in [2.45, 2.75) is 12.8 Å². The molecule has 1 aromatic carbocycles. The molecular formula is C13H16N2O4. The number of urea groups is 1. The number of hydrogen-bond acceptors (Lipinski definition) is 4. The minimum Gasteiger partial charge on any atom is -0.497 e. The Balaban J connectivity index is 2.03. The van der Waals surface area contributed by atoms with Crippen LogP contribution in [-0.2, 0) is 4.79 Å². The lowest BCUT2D eigenvalue weighted by Gasteiger charge is -2.11. The van der Waals surface area contributed by atoms with Gasteiger partial charge in [0.05, 0.1) is 19.9 Å². The van der Waals surface area contributed by atoms with Crippen LogP contribution in [-0.4, -0.2) is 26.2 Å². The van der Waals surface area contributed by atoms with Gasteiger partial charge >= 0.3 is 6.03 Å². The summed E-state index contributed by atoms with van der Waals surface area (Å²) in [5, 5.41) is 4.87. The quantitative estimate of drug-likeness (QED) is 0.868. The Labute approximate surface area is 111 Å². The number of ether oxygens (including phenoxy) is 2. The third kappa shape index (κ3) is 3.37. The van der Waals surface area contributed by atoms with E-state index in [0.29, 0.717) is 17.2 Å². The molecule has 1 aliphatic rings. The molecule has 0 bridgehead atoms. The van der Waals surface area contributed by atoms with Gasteiger partial charge in [-0.05, 0) is 25.0 Å². The van der Waals surface area contributed by atoms with E-state index in [4.69, 9.17) is 9.47 Å². The first-order chi connectivity index (χ1) is 9.13. The molecule has 1 aliphatic carbocycles. The van der Waals surface area contributed by atoms with Crippen LogP contribution < -0.4 is 20.1 Å². The summed E-state index contributed by atoms with van der Waals surface area (Å²) in [4.78, 5) is 23.1. The lowest BCUT2D eigenvalue weighted by atomic mass is 10.2. The molecule has 0 heterocycles. The summed E-state index contributed by atoms with van der Waals surface area (Å²) in [6.45, 7) is 0. The number of nitrogens with one attached hydrogen (secondary N) is 2. The second-order valence-corrected chi connectivity index (χ2v) is 4.28. The maximum Gasteiger partial charge on any atom is 0.325 e. The van der Waals surface area contributed by atoms with Crippen LogP contribution in [0.25, 0.3) is 0 Å². The van der Waals surface area contributed by atoms with E-state index >= 15 is 0 Å². The number of carbonyl (C=O) groups is 2. The Morgan fingerprint density at radius 1 is 1.21 bits per heavy atom. The fraction of sp³-hybridized carbons (Fsp3) is 0.385. The van der Waals surface area contributed by atoms with Crippen LogP contribution in [0, 0.1) is 5.92 Å². The van der Waals surface area contributed by atoms with Crippen molar-refractivity contribution >= 4 is 17.6 Å². The molecular weight excluding hydrogens is 248 g/mol. The Morgan fingerprint density at radius 2 is 1.95 bits per heavy atom. The van der Waals surface area contributed by atoms with E-state index in [2.05, 4.69) is 10.6 Å². The highest BCUT2D eigenvalue weighted by atomic mass is 16.5. The zero-order valence-electron chi connectivity index (χ0n) is 10.9. The summed E-state index contributed by atoms with van der Waals surface area (Å²) in [5.41, 5.74) is 0.447. The Hall–Kier alpha value is -2.24. The molecule has 6 nitrogen and oxygen atoms in total. The predicted molar refractivity (Wildman–Crippen MR) is 69.4 cm³/mol. The van der Waals surface area contributed by atoms with E-state index < -0.39 is 6.03 Å². The van der Waals surface area contributed by atoms with Crippen LogP contribution in [0.2, 0.25) is 0 Å². The second-order valence-electron chi connectivity index (χ2n) is 4.28. The number of methoxy groups -OCH3 is 2. The van der Waals surface area contributed by atoms with Gasteiger partial charge in [0.1, 0.15) is 11.5 Å². The van der Waals surface area contributed by atoms with Crippen LogP contribution in [0.5, 0.6) is 11.5 Å². The normalized spacial score (nSPS) is 13.6. The molecule has 19 heavy (non-hydrogen) atoms. The van der Waals surface area contributed by atoms with Gasteiger partial charge in [-0.25, -0.2) is 4.79 Å². The van der Waals surface area contributed by atoms with Crippen molar-refractivity contribution in [2.24, 2.45) is 5.92 Å². The molecule has 0 aromatic heterocycles. The summed E-state index contributed by atoms with van der Waals surface area (Å²) in [6, 6.07) is 4.46. The van der Waals surface area contributed by atoms with Gasteiger partial charge in [0.2, 0.25) is 5.91 Å². The fourth-order valence-corrected chi connectivity index (χ4v) is 1.62. The average molecular weight is 264 g/mol. The SMILES string of the molecule is COc1ccc(OC)c(NC(=O)NC(=O)C2CC2)c1. The Morgan fingerprint density at radius 3 is 2.53 bits per heavy atom. The monoisotopic (exact) mass is 264 g/mol. The number of amides is 3. The number of anilines is 1. The average Bonchev–Trinajstić information content (AvgIpc) is 3.22. The Kier molecular flexibility index (Phi) is 3.89. The van der Waals surface area contributed by atoms with Crippen molar-refractivity contribution < 1.29 is 19.1 Å². The molecule has 0 saturated heterocycles. The Bertz CT molecular complexity index is 497. The van der Waals surface area contributed by atoms with E-state index in [0.717, 1.165) is 12.8 Å². The number of rotatable bonds is 4. The third-order valence-corrected chi connectivity index (χ3v) is 2.84. The van der Waals surface area contributed by atoms with Crippen molar-refractivity contribution in [3.05, 3.63) is 18.2 Å². The van der Waals surface area contributed by atoms with Crippen molar-refractivity contribution in [2.75, 3.05) is 19.5 Å². The third-order valence-electron chi connectivity index (χ3n) is 2.84. The van der Waals surface area contributed by atoms with E-state index in [1.807, 2.05) is 0 Å². The molecule has 1 fully saturated rings. The van der Waals surface area contributed by atoms with Gasteiger partial charge < -0.3 is 14.8 Å².